The number of rotatable bonds is 3. The van der Waals surface area contributed by atoms with E-state index in [-0.39, 0.29) is 11.8 Å². The normalized spacial score (nSPS) is 10.9. The third kappa shape index (κ3) is 3.26. The third-order valence-corrected chi connectivity index (χ3v) is 1.51. The first-order valence-electron chi connectivity index (χ1n) is 3.24. The van der Waals surface area contributed by atoms with Crippen molar-refractivity contribution in [2.45, 2.75) is 0 Å². The maximum atomic E-state index is 10.5. The number of hydrogen-bond donors (Lipinski definition) is 1. The molecular weight excluding hydrogens is 196 g/mol. The van der Waals surface area contributed by atoms with Gasteiger partial charge in [0, 0.05) is 12.1 Å². The van der Waals surface area contributed by atoms with E-state index in [0.717, 1.165) is 0 Å². The molecule has 1 rings (SSSR count). The zero-order chi connectivity index (χ0) is 9.90. The molecule has 0 saturated carbocycles. The van der Waals surface area contributed by atoms with Gasteiger partial charge in [0.05, 0.1) is 7.11 Å². The monoisotopic (exact) mass is 204 g/mol. The molecule has 1 aromatic heterocycles. The largest absolute Gasteiger partial charge is 0.481 e. The molecule has 0 atom stereocenters. The minimum absolute atomic E-state index is 0.123. The quantitative estimate of drug-likeness (QED) is 0.728. The van der Waals surface area contributed by atoms with Gasteiger partial charge in [-0.1, -0.05) is 6.07 Å². The number of ether oxygens (including phenoxy) is 1. The highest BCUT2D eigenvalue weighted by Crippen LogP contribution is 2.13. The van der Waals surface area contributed by atoms with Gasteiger partial charge in [-0.3, -0.25) is 0 Å². The van der Waals surface area contributed by atoms with Crippen molar-refractivity contribution in [2.75, 3.05) is 7.11 Å². The van der Waals surface area contributed by atoms with Crippen molar-refractivity contribution in [3.05, 3.63) is 18.2 Å². The number of nitrogens with zero attached hydrogens (tertiary/aromatic N) is 1. The Morgan fingerprint density at radius 3 is 2.54 bits per heavy atom. The Hall–Kier alpha value is -1.34. The van der Waals surface area contributed by atoms with Crippen LogP contribution in [-0.4, -0.2) is 20.5 Å². The lowest BCUT2D eigenvalue weighted by Gasteiger charge is -2.02. The topological polar surface area (TPSA) is 91.5 Å². The van der Waals surface area contributed by atoms with Crippen molar-refractivity contribution < 1.29 is 17.3 Å². The standard InChI is InChI=1S/C6H8N2O4S/c1-11-5-3-2-4-6(8-5)12-13(7,9)10/h2-4H,1H3,(H2,7,9,10). The number of pyridine rings is 1. The van der Waals surface area contributed by atoms with Gasteiger partial charge in [-0.25, -0.2) is 0 Å². The fourth-order valence-corrected chi connectivity index (χ4v) is 1.01. The molecule has 0 unspecified atom stereocenters. The maximum Gasteiger partial charge on any atom is 0.381 e. The predicted molar refractivity (Wildman–Crippen MR) is 44.5 cm³/mol. The summed E-state index contributed by atoms with van der Waals surface area (Å²) in [6.07, 6.45) is 0. The van der Waals surface area contributed by atoms with Crippen molar-refractivity contribution >= 4 is 10.3 Å². The first kappa shape index (κ1) is 9.75. The average molecular weight is 204 g/mol. The molecule has 0 aliphatic heterocycles. The second kappa shape index (κ2) is 3.58. The Morgan fingerprint density at radius 1 is 1.38 bits per heavy atom. The fourth-order valence-electron chi connectivity index (χ4n) is 0.675. The summed E-state index contributed by atoms with van der Waals surface area (Å²) in [4.78, 5) is 3.67. The van der Waals surface area contributed by atoms with Crippen LogP contribution in [0.25, 0.3) is 0 Å². The van der Waals surface area contributed by atoms with Crippen LogP contribution in [0.3, 0.4) is 0 Å². The van der Waals surface area contributed by atoms with Gasteiger partial charge >= 0.3 is 10.3 Å². The minimum Gasteiger partial charge on any atom is -0.481 e. The van der Waals surface area contributed by atoms with Gasteiger partial charge in [0.15, 0.2) is 0 Å². The Bertz CT molecular complexity index is 389. The van der Waals surface area contributed by atoms with Crippen LogP contribution in [0.15, 0.2) is 18.2 Å². The van der Waals surface area contributed by atoms with Crippen LogP contribution < -0.4 is 14.1 Å². The third-order valence-electron chi connectivity index (χ3n) is 1.11. The van der Waals surface area contributed by atoms with Crippen LogP contribution in [0.2, 0.25) is 0 Å². The smallest absolute Gasteiger partial charge is 0.381 e. The molecule has 0 aliphatic carbocycles. The van der Waals surface area contributed by atoms with E-state index in [1.54, 1.807) is 6.07 Å². The molecular formula is C6H8N2O4S. The van der Waals surface area contributed by atoms with E-state index in [1.807, 2.05) is 0 Å². The van der Waals surface area contributed by atoms with Gasteiger partial charge < -0.3 is 8.92 Å². The van der Waals surface area contributed by atoms with Gasteiger partial charge in [0.1, 0.15) is 0 Å². The van der Waals surface area contributed by atoms with Gasteiger partial charge in [-0.05, 0) is 0 Å². The molecule has 1 aromatic rings. The molecule has 13 heavy (non-hydrogen) atoms. The number of hydrogen-bond acceptors (Lipinski definition) is 5. The van der Waals surface area contributed by atoms with E-state index in [4.69, 9.17) is 4.74 Å². The second-order valence-electron chi connectivity index (χ2n) is 2.09. The van der Waals surface area contributed by atoms with Crippen LogP contribution in [0.5, 0.6) is 11.8 Å². The summed E-state index contributed by atoms with van der Waals surface area (Å²) in [6.45, 7) is 0. The maximum absolute atomic E-state index is 10.5. The molecule has 0 bridgehead atoms. The van der Waals surface area contributed by atoms with Gasteiger partial charge in [-0.2, -0.15) is 18.5 Å². The van der Waals surface area contributed by atoms with Crippen LogP contribution >= 0.6 is 0 Å². The van der Waals surface area contributed by atoms with Gasteiger partial charge in [0.25, 0.3) is 0 Å². The summed E-state index contributed by atoms with van der Waals surface area (Å²) >= 11 is 0. The zero-order valence-electron chi connectivity index (χ0n) is 6.80. The summed E-state index contributed by atoms with van der Waals surface area (Å²) in [5, 5.41) is 4.63. The summed E-state index contributed by atoms with van der Waals surface area (Å²) < 4.78 is 30.0. The lowest BCUT2D eigenvalue weighted by molar-refractivity contribution is 0.389. The average Bonchev–Trinajstić information content (AvgIpc) is 2.01. The summed E-state index contributed by atoms with van der Waals surface area (Å²) in [7, 11) is -2.61. The molecule has 0 saturated heterocycles. The van der Waals surface area contributed by atoms with E-state index in [0.29, 0.717) is 0 Å². The van der Waals surface area contributed by atoms with E-state index in [2.05, 4.69) is 14.3 Å². The molecule has 0 aliphatic rings. The fraction of sp³-hybridized carbons (Fsp3) is 0.167. The van der Waals surface area contributed by atoms with Crippen molar-refractivity contribution in [1.82, 2.24) is 4.98 Å². The Morgan fingerprint density at radius 2 is 2.00 bits per heavy atom. The highest BCUT2D eigenvalue weighted by Gasteiger charge is 2.06. The van der Waals surface area contributed by atoms with Gasteiger partial charge in [0.2, 0.25) is 11.8 Å². The zero-order valence-corrected chi connectivity index (χ0v) is 7.61. The summed E-state index contributed by atoms with van der Waals surface area (Å²) in [5.41, 5.74) is 0. The van der Waals surface area contributed by atoms with Crippen LogP contribution in [0.1, 0.15) is 0 Å². The first-order chi connectivity index (χ1) is 6.01. The molecule has 7 heteroatoms. The molecule has 72 valence electrons. The molecule has 0 radical (unpaired) electrons. The summed E-state index contributed by atoms with van der Waals surface area (Å²) in [6, 6.07) is 4.44. The van der Waals surface area contributed by atoms with E-state index in [1.165, 1.54) is 19.2 Å². The first-order valence-corrected chi connectivity index (χ1v) is 4.71. The van der Waals surface area contributed by atoms with Crippen molar-refractivity contribution in [3.8, 4) is 11.8 Å². The van der Waals surface area contributed by atoms with Crippen molar-refractivity contribution in [3.63, 3.8) is 0 Å². The number of nitrogens with two attached hydrogens (primary N) is 1. The van der Waals surface area contributed by atoms with Crippen LogP contribution in [0.4, 0.5) is 0 Å². The van der Waals surface area contributed by atoms with Crippen molar-refractivity contribution in [2.24, 2.45) is 5.14 Å². The molecule has 6 nitrogen and oxygen atoms in total. The van der Waals surface area contributed by atoms with E-state index in [9.17, 15) is 8.42 Å². The lowest BCUT2D eigenvalue weighted by atomic mass is 10.5. The Labute approximate surface area is 75.6 Å². The minimum atomic E-state index is -4.02. The Balaban J connectivity index is 2.90. The SMILES string of the molecule is COc1cccc(OS(N)(=O)=O)n1. The second-order valence-corrected chi connectivity index (χ2v) is 3.25. The molecule has 0 amide bonds. The Kier molecular flexibility index (Phi) is 2.69. The van der Waals surface area contributed by atoms with Crippen molar-refractivity contribution in [1.29, 1.82) is 0 Å². The molecule has 2 N–H and O–H groups in total. The number of methoxy groups -OCH3 is 1. The molecule has 1 heterocycles. The van der Waals surface area contributed by atoms with Crippen LogP contribution in [-0.2, 0) is 10.3 Å². The van der Waals surface area contributed by atoms with Gasteiger partial charge in [-0.15, -0.1) is 0 Å². The van der Waals surface area contributed by atoms with E-state index < -0.39 is 10.3 Å². The highest BCUT2D eigenvalue weighted by molar-refractivity contribution is 7.84. The summed E-state index contributed by atoms with van der Waals surface area (Å²) in [5.74, 6) is 0.128. The predicted octanol–water partition coefficient (Wildman–Crippen LogP) is -0.328. The molecule has 0 fully saturated rings. The molecule has 0 spiro atoms. The van der Waals surface area contributed by atoms with Crippen LogP contribution in [0, 0.1) is 0 Å². The van der Waals surface area contributed by atoms with E-state index >= 15 is 0 Å². The lowest BCUT2D eigenvalue weighted by Crippen LogP contribution is -2.19. The molecule has 0 aromatic carbocycles. The highest BCUT2D eigenvalue weighted by atomic mass is 32.2. The number of aromatic nitrogens is 1.